The highest BCUT2D eigenvalue weighted by molar-refractivity contribution is 6.08. The van der Waals surface area contributed by atoms with E-state index in [0.717, 1.165) is 16.3 Å². The molecule has 4 amide bonds. The lowest BCUT2D eigenvalue weighted by atomic mass is 10.0. The van der Waals surface area contributed by atoms with Gasteiger partial charge in [-0.1, -0.05) is 36.4 Å². The lowest BCUT2D eigenvalue weighted by Gasteiger charge is -2.14. The van der Waals surface area contributed by atoms with Crippen molar-refractivity contribution in [2.24, 2.45) is 11.5 Å². The van der Waals surface area contributed by atoms with Crippen molar-refractivity contribution < 1.29 is 24.3 Å². The Labute approximate surface area is 208 Å². The number of nitrogens with two attached hydrogens (primary N) is 2. The first-order chi connectivity index (χ1) is 17.2. The third-order valence-electron chi connectivity index (χ3n) is 5.44. The number of primary amides is 1. The number of benzene rings is 3. The molecule has 0 radical (unpaired) electrons. The molecule has 3 rings (SSSR count). The van der Waals surface area contributed by atoms with E-state index in [2.05, 4.69) is 16.0 Å². The molecule has 1 atom stereocenters. The third kappa shape index (κ3) is 7.54. The maximum atomic E-state index is 12.6. The van der Waals surface area contributed by atoms with Crippen LogP contribution in [0.15, 0.2) is 60.7 Å². The summed E-state index contributed by atoms with van der Waals surface area (Å²) in [6, 6.07) is 16.4. The SMILES string of the molecule is NC(=O)CNC(=O)c1cc2ccccc2cc1NC(=O)CCCNC(=O)C(N)Cc1ccc(O)cc1. The number of fused-ring (bicyclic) bond motifs is 1. The zero-order valence-corrected chi connectivity index (χ0v) is 19.6. The van der Waals surface area contributed by atoms with Gasteiger partial charge in [0.25, 0.3) is 5.91 Å². The molecule has 3 aromatic rings. The number of nitrogens with one attached hydrogen (secondary N) is 3. The topological polar surface area (TPSA) is 177 Å². The Kier molecular flexibility index (Phi) is 8.95. The van der Waals surface area contributed by atoms with Crippen LogP contribution >= 0.6 is 0 Å². The molecule has 3 aromatic carbocycles. The van der Waals surface area contributed by atoms with E-state index in [1.165, 1.54) is 12.1 Å². The van der Waals surface area contributed by atoms with Crippen molar-refractivity contribution in [1.29, 1.82) is 0 Å². The number of hydrogen-bond donors (Lipinski definition) is 6. The minimum absolute atomic E-state index is 0.0999. The van der Waals surface area contributed by atoms with Crippen molar-refractivity contribution in [2.45, 2.75) is 25.3 Å². The van der Waals surface area contributed by atoms with Gasteiger partial charge in [-0.3, -0.25) is 19.2 Å². The molecule has 0 heterocycles. The van der Waals surface area contributed by atoms with Crippen LogP contribution < -0.4 is 27.4 Å². The van der Waals surface area contributed by atoms with Gasteiger partial charge in [0.15, 0.2) is 0 Å². The number of hydrogen-bond acceptors (Lipinski definition) is 6. The smallest absolute Gasteiger partial charge is 0.253 e. The van der Waals surface area contributed by atoms with Crippen molar-refractivity contribution in [2.75, 3.05) is 18.4 Å². The van der Waals surface area contributed by atoms with Crippen LogP contribution in [0.3, 0.4) is 0 Å². The summed E-state index contributed by atoms with van der Waals surface area (Å²) in [5, 5.41) is 18.9. The number of phenols is 1. The van der Waals surface area contributed by atoms with Gasteiger partial charge in [-0.05, 0) is 53.4 Å². The quantitative estimate of drug-likeness (QED) is 0.219. The fourth-order valence-corrected chi connectivity index (χ4v) is 3.58. The average Bonchev–Trinajstić information content (AvgIpc) is 2.85. The van der Waals surface area contributed by atoms with Gasteiger partial charge >= 0.3 is 0 Å². The molecule has 0 aliphatic carbocycles. The van der Waals surface area contributed by atoms with Crippen molar-refractivity contribution in [3.8, 4) is 5.75 Å². The van der Waals surface area contributed by atoms with E-state index in [1.54, 1.807) is 24.3 Å². The van der Waals surface area contributed by atoms with Crippen molar-refractivity contribution in [3.05, 3.63) is 71.8 Å². The first-order valence-corrected chi connectivity index (χ1v) is 11.4. The lowest BCUT2D eigenvalue weighted by molar-refractivity contribution is -0.122. The Morgan fingerprint density at radius 3 is 2.25 bits per heavy atom. The number of aromatic hydroxyl groups is 1. The Balaban J connectivity index is 1.54. The number of phenolic OH excluding ortho intramolecular Hbond substituents is 1. The van der Waals surface area contributed by atoms with Crippen molar-refractivity contribution >= 4 is 40.1 Å². The highest BCUT2D eigenvalue weighted by Gasteiger charge is 2.17. The summed E-state index contributed by atoms with van der Waals surface area (Å²) in [7, 11) is 0. The Hall–Kier alpha value is -4.44. The molecule has 188 valence electrons. The first kappa shape index (κ1) is 26.2. The molecule has 0 fully saturated rings. The molecule has 0 bridgehead atoms. The summed E-state index contributed by atoms with van der Waals surface area (Å²) in [5.74, 6) is -1.76. The zero-order chi connectivity index (χ0) is 26.1. The number of anilines is 1. The summed E-state index contributed by atoms with van der Waals surface area (Å²) < 4.78 is 0. The molecule has 0 saturated carbocycles. The molecule has 0 aliphatic rings. The Morgan fingerprint density at radius 1 is 0.917 bits per heavy atom. The highest BCUT2D eigenvalue weighted by Crippen LogP contribution is 2.24. The van der Waals surface area contributed by atoms with Gasteiger partial charge in [0.2, 0.25) is 17.7 Å². The van der Waals surface area contributed by atoms with Gasteiger partial charge < -0.3 is 32.5 Å². The Bertz CT molecular complexity index is 1260. The van der Waals surface area contributed by atoms with Crippen LogP contribution in [-0.4, -0.2) is 47.9 Å². The van der Waals surface area contributed by atoms with Gasteiger partial charge in [0.05, 0.1) is 23.8 Å². The minimum atomic E-state index is -0.762. The molecule has 10 nitrogen and oxygen atoms in total. The van der Waals surface area contributed by atoms with E-state index in [-0.39, 0.29) is 42.6 Å². The summed E-state index contributed by atoms with van der Waals surface area (Å²) in [4.78, 5) is 48.4. The summed E-state index contributed by atoms with van der Waals surface area (Å²) >= 11 is 0. The maximum absolute atomic E-state index is 12.6. The van der Waals surface area contributed by atoms with Crippen LogP contribution in [-0.2, 0) is 20.8 Å². The molecule has 0 saturated heterocycles. The molecular weight excluding hydrogens is 462 g/mol. The van der Waals surface area contributed by atoms with E-state index in [4.69, 9.17) is 11.5 Å². The monoisotopic (exact) mass is 491 g/mol. The van der Waals surface area contributed by atoms with Crippen LogP contribution in [0.2, 0.25) is 0 Å². The summed E-state index contributed by atoms with van der Waals surface area (Å²) in [6.07, 6.45) is 0.776. The van der Waals surface area contributed by atoms with Gasteiger partial charge in [-0.15, -0.1) is 0 Å². The van der Waals surface area contributed by atoms with Crippen LogP contribution in [0.1, 0.15) is 28.8 Å². The van der Waals surface area contributed by atoms with Crippen LogP contribution in [0.4, 0.5) is 5.69 Å². The predicted molar refractivity (Wildman–Crippen MR) is 136 cm³/mol. The highest BCUT2D eigenvalue weighted by atomic mass is 16.3. The number of carbonyl (C=O) groups excluding carboxylic acids is 4. The zero-order valence-electron chi connectivity index (χ0n) is 19.6. The van der Waals surface area contributed by atoms with Gasteiger partial charge in [0, 0.05) is 13.0 Å². The molecule has 0 aromatic heterocycles. The number of carbonyl (C=O) groups is 4. The van der Waals surface area contributed by atoms with E-state index in [9.17, 15) is 24.3 Å². The van der Waals surface area contributed by atoms with Crippen molar-refractivity contribution in [1.82, 2.24) is 10.6 Å². The van der Waals surface area contributed by atoms with E-state index in [0.29, 0.717) is 18.5 Å². The number of amides is 4. The van der Waals surface area contributed by atoms with Gasteiger partial charge in [0.1, 0.15) is 5.75 Å². The van der Waals surface area contributed by atoms with E-state index in [1.807, 2.05) is 24.3 Å². The standard InChI is InChI=1S/C26H29N5O5/c27-21(12-16-7-9-19(32)10-8-16)26(36)29-11-3-6-24(34)31-22-14-18-5-2-1-4-17(18)13-20(22)25(35)30-15-23(28)33/h1-2,4-5,7-10,13-14,21,32H,3,6,11-12,15,27H2,(H2,28,33)(H,29,36)(H,30,35)(H,31,34). The number of rotatable bonds is 11. The van der Waals surface area contributed by atoms with Gasteiger partial charge in [-0.25, -0.2) is 0 Å². The lowest BCUT2D eigenvalue weighted by Crippen LogP contribution is -2.42. The van der Waals surface area contributed by atoms with Crippen LogP contribution in [0.25, 0.3) is 10.8 Å². The molecule has 10 heteroatoms. The Morgan fingerprint density at radius 2 is 1.58 bits per heavy atom. The second kappa shape index (κ2) is 12.3. The maximum Gasteiger partial charge on any atom is 0.253 e. The van der Waals surface area contributed by atoms with Crippen LogP contribution in [0, 0.1) is 0 Å². The molecule has 0 spiro atoms. The predicted octanol–water partition coefficient (Wildman–Crippen LogP) is 1.17. The molecule has 0 aliphatic heterocycles. The fourth-order valence-electron chi connectivity index (χ4n) is 3.58. The fraction of sp³-hybridized carbons (Fsp3) is 0.231. The molecule has 8 N–H and O–H groups in total. The minimum Gasteiger partial charge on any atom is -0.508 e. The van der Waals surface area contributed by atoms with E-state index >= 15 is 0 Å². The second-order valence-electron chi connectivity index (χ2n) is 8.31. The molecule has 36 heavy (non-hydrogen) atoms. The normalized spacial score (nSPS) is 11.5. The van der Waals surface area contributed by atoms with E-state index < -0.39 is 17.9 Å². The van der Waals surface area contributed by atoms with Crippen molar-refractivity contribution in [3.63, 3.8) is 0 Å². The van der Waals surface area contributed by atoms with Crippen LogP contribution in [0.5, 0.6) is 5.75 Å². The summed E-state index contributed by atoms with van der Waals surface area (Å²) in [6.45, 7) is -0.0766. The first-order valence-electron chi connectivity index (χ1n) is 11.4. The summed E-state index contributed by atoms with van der Waals surface area (Å²) in [5.41, 5.74) is 12.4. The third-order valence-corrected chi connectivity index (χ3v) is 5.44. The van der Waals surface area contributed by atoms with Gasteiger partial charge in [-0.2, -0.15) is 0 Å². The molecular formula is C26H29N5O5. The average molecular weight is 492 g/mol. The molecule has 1 unspecified atom stereocenters. The second-order valence-corrected chi connectivity index (χ2v) is 8.31. The largest absolute Gasteiger partial charge is 0.508 e.